The molecule has 0 aromatic heterocycles. The van der Waals surface area contributed by atoms with Crippen LogP contribution in [0, 0.1) is 0 Å². The lowest BCUT2D eigenvalue weighted by Crippen LogP contribution is -2.13. The van der Waals surface area contributed by atoms with E-state index in [-0.39, 0.29) is 5.84 Å². The lowest BCUT2D eigenvalue weighted by atomic mass is 10.1. The molecular weight excluding hydrogens is 216 g/mol. The van der Waals surface area contributed by atoms with Crippen LogP contribution in [0.1, 0.15) is 36.8 Å². The molecular formula is C13H18N2O2. The molecule has 92 valence electrons. The summed E-state index contributed by atoms with van der Waals surface area (Å²) in [4.78, 5) is 0. The highest BCUT2D eigenvalue weighted by Gasteiger charge is 2.14. The predicted molar refractivity (Wildman–Crippen MR) is 66.0 cm³/mol. The van der Waals surface area contributed by atoms with Gasteiger partial charge in [0.05, 0.1) is 12.7 Å². The maximum absolute atomic E-state index is 8.54. The van der Waals surface area contributed by atoms with Crippen molar-refractivity contribution in [3.63, 3.8) is 0 Å². The summed E-state index contributed by atoms with van der Waals surface area (Å²) in [5, 5.41) is 11.5. The molecule has 0 amide bonds. The zero-order chi connectivity index (χ0) is 12.1. The van der Waals surface area contributed by atoms with E-state index in [1.165, 1.54) is 25.7 Å². The highest BCUT2D eigenvalue weighted by molar-refractivity contribution is 5.96. The molecule has 1 aliphatic rings. The molecule has 0 atom stereocenters. The van der Waals surface area contributed by atoms with Gasteiger partial charge in [0.1, 0.15) is 0 Å². The topological polar surface area (TPSA) is 67.8 Å². The fourth-order valence-electron chi connectivity index (χ4n) is 2.10. The molecule has 1 fully saturated rings. The third-order valence-electron chi connectivity index (χ3n) is 3.15. The van der Waals surface area contributed by atoms with Crippen LogP contribution in [0.3, 0.4) is 0 Å². The average molecular weight is 234 g/mol. The third kappa shape index (κ3) is 3.20. The predicted octanol–water partition coefficient (Wildman–Crippen LogP) is 2.24. The minimum Gasteiger partial charge on any atom is -0.409 e. The Kier molecular flexibility index (Phi) is 3.98. The van der Waals surface area contributed by atoms with Gasteiger partial charge in [-0.3, -0.25) is 0 Å². The third-order valence-corrected chi connectivity index (χ3v) is 3.15. The number of benzene rings is 1. The van der Waals surface area contributed by atoms with Gasteiger partial charge in [0.2, 0.25) is 0 Å². The highest BCUT2D eigenvalue weighted by atomic mass is 16.5. The van der Waals surface area contributed by atoms with Gasteiger partial charge in [0.15, 0.2) is 5.84 Å². The van der Waals surface area contributed by atoms with Crippen LogP contribution in [0.15, 0.2) is 29.4 Å². The van der Waals surface area contributed by atoms with Crippen molar-refractivity contribution in [2.75, 3.05) is 0 Å². The molecule has 1 saturated carbocycles. The first-order chi connectivity index (χ1) is 8.29. The van der Waals surface area contributed by atoms with E-state index in [9.17, 15) is 0 Å². The molecule has 0 bridgehead atoms. The molecule has 0 saturated heterocycles. The van der Waals surface area contributed by atoms with Crippen LogP contribution < -0.4 is 5.73 Å². The van der Waals surface area contributed by atoms with Crippen LogP contribution in [0.25, 0.3) is 0 Å². The second-order valence-corrected chi connectivity index (χ2v) is 4.40. The molecule has 0 spiro atoms. The van der Waals surface area contributed by atoms with E-state index in [0.717, 1.165) is 11.1 Å². The molecule has 4 nitrogen and oxygen atoms in total. The zero-order valence-corrected chi connectivity index (χ0v) is 9.80. The monoisotopic (exact) mass is 234 g/mol. The van der Waals surface area contributed by atoms with Gasteiger partial charge in [-0.1, -0.05) is 42.3 Å². The summed E-state index contributed by atoms with van der Waals surface area (Å²) in [6, 6.07) is 7.56. The Morgan fingerprint density at radius 2 is 1.94 bits per heavy atom. The molecule has 1 aromatic carbocycles. The van der Waals surface area contributed by atoms with Crippen molar-refractivity contribution >= 4 is 5.84 Å². The molecule has 3 N–H and O–H groups in total. The minimum atomic E-state index is 0.133. The van der Waals surface area contributed by atoms with Crippen LogP contribution in [0.2, 0.25) is 0 Å². The van der Waals surface area contributed by atoms with Gasteiger partial charge in [-0.2, -0.15) is 0 Å². The minimum absolute atomic E-state index is 0.133. The summed E-state index contributed by atoms with van der Waals surface area (Å²) in [6.45, 7) is 0.640. The molecule has 1 aliphatic carbocycles. The number of hydrogen-bond donors (Lipinski definition) is 2. The fraction of sp³-hybridized carbons (Fsp3) is 0.462. The lowest BCUT2D eigenvalue weighted by molar-refractivity contribution is 0.0457. The molecule has 17 heavy (non-hydrogen) atoms. The van der Waals surface area contributed by atoms with Gasteiger partial charge >= 0.3 is 0 Å². The summed E-state index contributed by atoms with van der Waals surface area (Å²) < 4.78 is 5.80. The smallest absolute Gasteiger partial charge is 0.170 e. The molecule has 0 unspecified atom stereocenters. The normalized spacial score (nSPS) is 17.5. The van der Waals surface area contributed by atoms with E-state index in [1.807, 2.05) is 24.3 Å². The van der Waals surface area contributed by atoms with Crippen LogP contribution in [-0.4, -0.2) is 17.1 Å². The van der Waals surface area contributed by atoms with Crippen molar-refractivity contribution in [2.24, 2.45) is 10.9 Å². The average Bonchev–Trinajstić information content (AvgIpc) is 2.89. The maximum Gasteiger partial charge on any atom is 0.170 e. The van der Waals surface area contributed by atoms with Crippen molar-refractivity contribution in [3.05, 3.63) is 35.4 Å². The maximum atomic E-state index is 8.54. The van der Waals surface area contributed by atoms with Gasteiger partial charge < -0.3 is 15.7 Å². The van der Waals surface area contributed by atoms with E-state index < -0.39 is 0 Å². The standard InChI is InChI=1S/C13H18N2O2/c14-13(15-16)11-7-5-10(6-8-11)9-17-12-3-1-2-4-12/h5-8,12,16H,1-4,9H2,(H2,14,15). The Morgan fingerprint density at radius 3 is 2.53 bits per heavy atom. The SMILES string of the molecule is NC(=NO)c1ccc(COC2CCCC2)cc1. The summed E-state index contributed by atoms with van der Waals surface area (Å²) in [6.07, 6.45) is 5.36. The lowest BCUT2D eigenvalue weighted by Gasteiger charge is -2.11. The van der Waals surface area contributed by atoms with Gasteiger partial charge in [0.25, 0.3) is 0 Å². The van der Waals surface area contributed by atoms with E-state index in [4.69, 9.17) is 15.7 Å². The number of ether oxygens (including phenoxy) is 1. The Morgan fingerprint density at radius 1 is 1.29 bits per heavy atom. The van der Waals surface area contributed by atoms with Crippen molar-refractivity contribution in [1.82, 2.24) is 0 Å². The van der Waals surface area contributed by atoms with Gasteiger partial charge in [-0.05, 0) is 18.4 Å². The van der Waals surface area contributed by atoms with Gasteiger partial charge in [-0.25, -0.2) is 0 Å². The highest BCUT2D eigenvalue weighted by Crippen LogP contribution is 2.22. The molecule has 4 heteroatoms. The molecule has 0 aliphatic heterocycles. The number of oxime groups is 1. The van der Waals surface area contributed by atoms with Crippen LogP contribution in [0.5, 0.6) is 0 Å². The first-order valence-electron chi connectivity index (χ1n) is 5.98. The summed E-state index contributed by atoms with van der Waals surface area (Å²) in [5.74, 6) is 0.133. The van der Waals surface area contributed by atoms with Crippen molar-refractivity contribution in [3.8, 4) is 0 Å². The second kappa shape index (κ2) is 5.68. The van der Waals surface area contributed by atoms with Crippen molar-refractivity contribution in [1.29, 1.82) is 0 Å². The van der Waals surface area contributed by atoms with E-state index in [2.05, 4.69) is 5.16 Å². The summed E-state index contributed by atoms with van der Waals surface area (Å²) in [7, 11) is 0. The number of nitrogens with zero attached hydrogens (tertiary/aromatic N) is 1. The Labute approximate surface area is 101 Å². The number of hydrogen-bond acceptors (Lipinski definition) is 3. The Balaban J connectivity index is 1.89. The van der Waals surface area contributed by atoms with Crippen LogP contribution in [0.4, 0.5) is 0 Å². The number of rotatable bonds is 4. The first-order valence-corrected chi connectivity index (χ1v) is 5.98. The zero-order valence-electron chi connectivity index (χ0n) is 9.80. The summed E-state index contributed by atoms with van der Waals surface area (Å²) >= 11 is 0. The van der Waals surface area contributed by atoms with Crippen molar-refractivity contribution < 1.29 is 9.94 Å². The Hall–Kier alpha value is -1.55. The molecule has 1 aromatic rings. The first kappa shape index (κ1) is 11.9. The van der Waals surface area contributed by atoms with Crippen LogP contribution >= 0.6 is 0 Å². The second-order valence-electron chi connectivity index (χ2n) is 4.40. The van der Waals surface area contributed by atoms with E-state index in [1.54, 1.807) is 0 Å². The van der Waals surface area contributed by atoms with E-state index >= 15 is 0 Å². The van der Waals surface area contributed by atoms with Crippen LogP contribution in [-0.2, 0) is 11.3 Å². The largest absolute Gasteiger partial charge is 0.409 e. The number of nitrogens with two attached hydrogens (primary N) is 1. The molecule has 0 heterocycles. The fourth-order valence-corrected chi connectivity index (χ4v) is 2.10. The van der Waals surface area contributed by atoms with Gasteiger partial charge in [0, 0.05) is 5.56 Å². The number of amidine groups is 1. The van der Waals surface area contributed by atoms with E-state index in [0.29, 0.717) is 12.7 Å². The Bertz CT molecular complexity index is 381. The summed E-state index contributed by atoms with van der Waals surface area (Å²) in [5.41, 5.74) is 7.32. The molecule has 0 radical (unpaired) electrons. The molecule has 2 rings (SSSR count). The quantitative estimate of drug-likeness (QED) is 0.363. The van der Waals surface area contributed by atoms with Gasteiger partial charge in [-0.15, -0.1) is 0 Å². The van der Waals surface area contributed by atoms with Crippen molar-refractivity contribution in [2.45, 2.75) is 38.4 Å².